The molecule has 0 radical (unpaired) electrons. The van der Waals surface area contributed by atoms with E-state index in [4.69, 9.17) is 11.6 Å². The molecule has 34 heavy (non-hydrogen) atoms. The highest BCUT2D eigenvalue weighted by atomic mass is 35.5. The van der Waals surface area contributed by atoms with Crippen molar-refractivity contribution in [3.63, 3.8) is 0 Å². The number of benzene rings is 1. The van der Waals surface area contributed by atoms with E-state index in [0.717, 1.165) is 30.0 Å². The second kappa shape index (κ2) is 11.1. The minimum absolute atomic E-state index is 0.0150. The summed E-state index contributed by atoms with van der Waals surface area (Å²) in [5, 5.41) is 15.6. The quantitative estimate of drug-likeness (QED) is 0.285. The van der Waals surface area contributed by atoms with E-state index >= 15 is 0 Å². The van der Waals surface area contributed by atoms with Crippen LogP contribution in [0.4, 0.5) is 18.9 Å². The van der Waals surface area contributed by atoms with Crippen LogP contribution >= 0.6 is 34.7 Å². The SMILES string of the molecule is C=CCn1c(SCC(=O)Nc2cc(C(F)(F)F)ccc2Cl)nnc1[C@H](C)NC(=O)c1cccs1. The first-order chi connectivity index (χ1) is 16.1. The number of rotatable bonds is 9. The molecule has 0 aliphatic carbocycles. The molecule has 2 heterocycles. The fraction of sp³-hybridized carbons (Fsp3) is 0.238. The molecule has 3 aromatic rings. The number of aromatic nitrogens is 3. The average Bonchev–Trinajstić information content (AvgIpc) is 3.44. The molecule has 180 valence electrons. The first kappa shape index (κ1) is 25.8. The molecule has 0 fully saturated rings. The van der Waals surface area contributed by atoms with Gasteiger partial charge < -0.3 is 15.2 Å². The van der Waals surface area contributed by atoms with Crippen molar-refractivity contribution < 1.29 is 22.8 Å². The van der Waals surface area contributed by atoms with Gasteiger partial charge >= 0.3 is 6.18 Å². The van der Waals surface area contributed by atoms with Crippen molar-refractivity contribution in [1.82, 2.24) is 20.1 Å². The molecule has 2 aromatic heterocycles. The van der Waals surface area contributed by atoms with Gasteiger partial charge in [0, 0.05) is 6.54 Å². The third-order valence-corrected chi connectivity index (χ3v) is 6.60. The topological polar surface area (TPSA) is 88.9 Å². The Morgan fingerprint density at radius 1 is 1.32 bits per heavy atom. The van der Waals surface area contributed by atoms with Crippen molar-refractivity contribution in [2.24, 2.45) is 0 Å². The van der Waals surface area contributed by atoms with Gasteiger partial charge in [-0.1, -0.05) is 35.5 Å². The van der Waals surface area contributed by atoms with Crippen LogP contribution in [-0.4, -0.2) is 32.3 Å². The van der Waals surface area contributed by atoms with E-state index in [1.807, 2.05) is 0 Å². The number of allylic oxidation sites excluding steroid dienone is 1. The van der Waals surface area contributed by atoms with Gasteiger partial charge in [0.1, 0.15) is 0 Å². The molecular formula is C21H19ClF3N5O2S2. The van der Waals surface area contributed by atoms with Crippen LogP contribution in [0.15, 0.2) is 53.5 Å². The van der Waals surface area contributed by atoms with Gasteiger partial charge in [0.2, 0.25) is 5.91 Å². The van der Waals surface area contributed by atoms with Crippen LogP contribution in [0.1, 0.15) is 34.0 Å². The lowest BCUT2D eigenvalue weighted by Crippen LogP contribution is -2.28. The van der Waals surface area contributed by atoms with Gasteiger partial charge in [-0.3, -0.25) is 9.59 Å². The summed E-state index contributed by atoms with van der Waals surface area (Å²) in [6, 6.07) is 5.70. The number of carbonyl (C=O) groups is 2. The molecular weight excluding hydrogens is 511 g/mol. The third-order valence-electron chi connectivity index (χ3n) is 4.44. The lowest BCUT2D eigenvalue weighted by Gasteiger charge is -2.15. The van der Waals surface area contributed by atoms with Crippen molar-refractivity contribution in [2.75, 3.05) is 11.1 Å². The van der Waals surface area contributed by atoms with E-state index in [0.29, 0.717) is 22.4 Å². The number of anilines is 1. The first-order valence-corrected chi connectivity index (χ1v) is 12.0. The summed E-state index contributed by atoms with van der Waals surface area (Å²) >= 11 is 8.28. The van der Waals surface area contributed by atoms with Gasteiger partial charge in [0.25, 0.3) is 5.91 Å². The molecule has 3 rings (SSSR count). The Hall–Kier alpha value is -2.83. The summed E-state index contributed by atoms with van der Waals surface area (Å²) in [5.41, 5.74) is -1.06. The molecule has 7 nitrogen and oxygen atoms in total. The van der Waals surface area contributed by atoms with Crippen molar-refractivity contribution in [3.8, 4) is 0 Å². The number of carbonyl (C=O) groups excluding carboxylic acids is 2. The summed E-state index contributed by atoms with van der Waals surface area (Å²) in [6.45, 7) is 5.79. The number of alkyl halides is 3. The van der Waals surface area contributed by atoms with Crippen LogP contribution in [0.2, 0.25) is 5.02 Å². The molecule has 13 heteroatoms. The molecule has 2 N–H and O–H groups in total. The van der Waals surface area contributed by atoms with Crippen molar-refractivity contribution in [3.05, 3.63) is 69.7 Å². The zero-order valence-corrected chi connectivity index (χ0v) is 20.1. The fourth-order valence-corrected chi connectivity index (χ4v) is 4.43. The van der Waals surface area contributed by atoms with Gasteiger partial charge in [-0.2, -0.15) is 13.2 Å². The third kappa shape index (κ3) is 6.39. The summed E-state index contributed by atoms with van der Waals surface area (Å²) in [5.74, 6) is -0.506. The smallest absolute Gasteiger partial charge is 0.342 e. The van der Waals surface area contributed by atoms with E-state index in [1.165, 1.54) is 11.3 Å². The molecule has 2 amide bonds. The van der Waals surface area contributed by atoms with Crippen LogP contribution in [0.3, 0.4) is 0 Å². The molecule has 0 aliphatic heterocycles. The Kier molecular flexibility index (Phi) is 8.39. The van der Waals surface area contributed by atoms with E-state index in [9.17, 15) is 22.8 Å². The summed E-state index contributed by atoms with van der Waals surface area (Å²) in [4.78, 5) is 25.3. The van der Waals surface area contributed by atoms with Gasteiger partial charge in [0.15, 0.2) is 11.0 Å². The Morgan fingerprint density at radius 3 is 2.74 bits per heavy atom. The van der Waals surface area contributed by atoms with Crippen LogP contribution in [0.5, 0.6) is 0 Å². The van der Waals surface area contributed by atoms with Gasteiger partial charge in [-0.15, -0.1) is 28.1 Å². The highest BCUT2D eigenvalue weighted by molar-refractivity contribution is 7.99. The Balaban J connectivity index is 1.68. The minimum atomic E-state index is -4.56. The van der Waals surface area contributed by atoms with Gasteiger partial charge in [0.05, 0.1) is 32.9 Å². The van der Waals surface area contributed by atoms with E-state index in [1.54, 1.807) is 35.1 Å². The van der Waals surface area contributed by atoms with Crippen LogP contribution in [0, 0.1) is 0 Å². The molecule has 0 unspecified atom stereocenters. The van der Waals surface area contributed by atoms with Crippen LogP contribution in [-0.2, 0) is 17.5 Å². The predicted molar refractivity (Wildman–Crippen MR) is 126 cm³/mol. The lowest BCUT2D eigenvalue weighted by molar-refractivity contribution is -0.137. The summed E-state index contributed by atoms with van der Waals surface area (Å²) < 4.78 is 40.5. The first-order valence-electron chi connectivity index (χ1n) is 9.78. The van der Waals surface area contributed by atoms with Crippen LogP contribution < -0.4 is 10.6 Å². The maximum atomic E-state index is 12.9. The largest absolute Gasteiger partial charge is 0.416 e. The molecule has 1 atom stereocenters. The number of nitrogens with one attached hydrogen (secondary N) is 2. The van der Waals surface area contributed by atoms with Gasteiger partial charge in [-0.05, 0) is 36.6 Å². The van der Waals surface area contributed by atoms with Crippen molar-refractivity contribution in [2.45, 2.75) is 30.8 Å². The average molecular weight is 530 g/mol. The molecule has 0 aliphatic rings. The second-order valence-electron chi connectivity index (χ2n) is 6.94. The number of thioether (sulfide) groups is 1. The Labute approximate surface area is 206 Å². The highest BCUT2D eigenvalue weighted by Crippen LogP contribution is 2.34. The standard InChI is InChI=1S/C21H19ClF3N5O2S2/c1-3-8-30-18(12(2)26-19(32)16-5-4-9-33-16)28-29-20(30)34-11-17(31)27-15-10-13(21(23,24)25)6-7-14(15)22/h3-7,9-10,12H,1,8,11H2,2H3,(H,26,32)(H,27,31)/t12-/m0/s1. The minimum Gasteiger partial charge on any atom is -0.342 e. The molecule has 0 spiro atoms. The zero-order chi connectivity index (χ0) is 24.9. The van der Waals surface area contributed by atoms with E-state index in [-0.39, 0.29) is 22.4 Å². The maximum Gasteiger partial charge on any atom is 0.416 e. The van der Waals surface area contributed by atoms with Gasteiger partial charge in [-0.25, -0.2) is 0 Å². The molecule has 0 bridgehead atoms. The number of amides is 2. The molecule has 1 aromatic carbocycles. The van der Waals surface area contributed by atoms with Crippen molar-refractivity contribution >= 4 is 52.2 Å². The fourth-order valence-electron chi connectivity index (χ4n) is 2.88. The summed E-state index contributed by atoms with van der Waals surface area (Å²) in [7, 11) is 0. The number of hydrogen-bond donors (Lipinski definition) is 2. The van der Waals surface area contributed by atoms with Crippen LogP contribution in [0.25, 0.3) is 0 Å². The van der Waals surface area contributed by atoms with Crippen molar-refractivity contribution in [1.29, 1.82) is 0 Å². The monoisotopic (exact) mass is 529 g/mol. The lowest BCUT2D eigenvalue weighted by atomic mass is 10.2. The Bertz CT molecular complexity index is 1180. The number of nitrogens with zero attached hydrogens (tertiary/aromatic N) is 3. The number of thiophene rings is 1. The van der Waals surface area contributed by atoms with E-state index in [2.05, 4.69) is 27.4 Å². The normalized spacial score (nSPS) is 12.3. The highest BCUT2D eigenvalue weighted by Gasteiger charge is 2.31. The summed E-state index contributed by atoms with van der Waals surface area (Å²) in [6.07, 6.45) is -2.95. The second-order valence-corrected chi connectivity index (χ2v) is 9.24. The zero-order valence-electron chi connectivity index (χ0n) is 17.7. The predicted octanol–water partition coefficient (Wildman–Crippen LogP) is 5.42. The Morgan fingerprint density at radius 2 is 2.09 bits per heavy atom. The van der Waals surface area contributed by atoms with E-state index < -0.39 is 23.7 Å². The number of halogens is 4. The number of hydrogen-bond acceptors (Lipinski definition) is 6. The molecule has 0 saturated carbocycles. The molecule has 0 saturated heterocycles. The maximum absolute atomic E-state index is 12.9.